The molecule has 0 spiro atoms. The van der Waals surface area contributed by atoms with Crippen molar-refractivity contribution in [2.45, 2.75) is 19.3 Å². The van der Waals surface area contributed by atoms with Gasteiger partial charge in [0.05, 0.1) is 15.2 Å². The molecule has 0 saturated heterocycles. The number of nitrogens with zero attached hydrogens (tertiary/aromatic N) is 1. The van der Waals surface area contributed by atoms with Crippen molar-refractivity contribution in [3.8, 4) is 0 Å². The fraction of sp³-hybridized carbons (Fsp3) is 0.250. The van der Waals surface area contributed by atoms with Crippen molar-refractivity contribution in [1.29, 1.82) is 0 Å². The molecular formula is C20H21N3O3S. The molecule has 0 bridgehead atoms. The summed E-state index contributed by atoms with van der Waals surface area (Å²) in [7, 11) is 1.47. The molecule has 1 heterocycles. The van der Waals surface area contributed by atoms with Gasteiger partial charge in [-0.25, -0.2) is 4.98 Å². The predicted octanol–water partition coefficient (Wildman–Crippen LogP) is 3.84. The van der Waals surface area contributed by atoms with Gasteiger partial charge >= 0.3 is 0 Å². The summed E-state index contributed by atoms with van der Waals surface area (Å²) in [6, 6.07) is 15.0. The summed E-state index contributed by atoms with van der Waals surface area (Å²) < 4.78 is 5.94. The maximum absolute atomic E-state index is 12.1. The number of para-hydroxylation sites is 1. The lowest BCUT2D eigenvalue weighted by atomic mass is 10.2. The van der Waals surface area contributed by atoms with Gasteiger partial charge in [0.1, 0.15) is 6.61 Å². The monoisotopic (exact) mass is 383 g/mol. The second kappa shape index (κ2) is 9.25. The molecule has 0 aliphatic heterocycles. The number of rotatable bonds is 8. The highest BCUT2D eigenvalue weighted by atomic mass is 32.1. The van der Waals surface area contributed by atoms with Gasteiger partial charge in [0, 0.05) is 24.9 Å². The molecular weight excluding hydrogens is 362 g/mol. The Bertz CT molecular complexity index is 889. The molecule has 0 unspecified atom stereocenters. The van der Waals surface area contributed by atoms with Gasteiger partial charge in [0.25, 0.3) is 0 Å². The smallest absolute Gasteiger partial charge is 0.250 e. The number of methoxy groups -OCH3 is 1. The maximum atomic E-state index is 12.1. The minimum atomic E-state index is -0.218. The molecule has 3 aromatic rings. The van der Waals surface area contributed by atoms with E-state index in [2.05, 4.69) is 21.7 Å². The van der Waals surface area contributed by atoms with Crippen LogP contribution < -0.4 is 10.6 Å². The van der Waals surface area contributed by atoms with Crippen LogP contribution in [0.5, 0.6) is 0 Å². The molecule has 0 aliphatic carbocycles. The highest BCUT2D eigenvalue weighted by Gasteiger charge is 2.07. The van der Waals surface area contributed by atoms with E-state index in [0.717, 1.165) is 23.4 Å². The minimum absolute atomic E-state index is 0.00709. The van der Waals surface area contributed by atoms with E-state index in [9.17, 15) is 9.59 Å². The van der Waals surface area contributed by atoms with Crippen LogP contribution in [0, 0.1) is 0 Å². The summed E-state index contributed by atoms with van der Waals surface area (Å²) in [5, 5.41) is 6.63. The lowest BCUT2D eigenvalue weighted by molar-refractivity contribution is -0.119. The first-order valence-corrected chi connectivity index (χ1v) is 9.49. The van der Waals surface area contributed by atoms with Gasteiger partial charge in [-0.2, -0.15) is 0 Å². The van der Waals surface area contributed by atoms with Crippen molar-refractivity contribution in [3.63, 3.8) is 0 Å². The van der Waals surface area contributed by atoms with Crippen molar-refractivity contribution in [2.24, 2.45) is 0 Å². The van der Waals surface area contributed by atoms with Crippen LogP contribution in [0.25, 0.3) is 10.2 Å². The lowest BCUT2D eigenvalue weighted by Crippen LogP contribution is -2.17. The van der Waals surface area contributed by atoms with Crippen LogP contribution in [-0.4, -0.2) is 30.5 Å². The van der Waals surface area contributed by atoms with E-state index >= 15 is 0 Å². The number of carbonyl (C=O) groups excluding carboxylic acids is 2. The zero-order valence-electron chi connectivity index (χ0n) is 15.0. The first kappa shape index (κ1) is 19.0. The number of thiazole rings is 1. The number of hydrogen-bond acceptors (Lipinski definition) is 5. The fourth-order valence-corrected chi connectivity index (χ4v) is 3.62. The molecule has 2 aromatic carbocycles. The third kappa shape index (κ3) is 5.60. The van der Waals surface area contributed by atoms with Crippen LogP contribution in [0.15, 0.2) is 48.5 Å². The van der Waals surface area contributed by atoms with Crippen LogP contribution >= 0.6 is 11.3 Å². The average Bonchev–Trinajstić information content (AvgIpc) is 3.06. The van der Waals surface area contributed by atoms with Crippen LogP contribution in [0.3, 0.4) is 0 Å². The summed E-state index contributed by atoms with van der Waals surface area (Å²) in [5.74, 6) is -0.253. The van der Waals surface area contributed by atoms with Gasteiger partial charge in [-0.05, 0) is 49.2 Å². The van der Waals surface area contributed by atoms with E-state index in [1.54, 1.807) is 35.6 Å². The van der Waals surface area contributed by atoms with Gasteiger partial charge in [-0.3, -0.25) is 9.59 Å². The second-order valence-corrected chi connectivity index (χ2v) is 7.15. The Balaban J connectivity index is 1.44. The molecule has 0 aliphatic rings. The van der Waals surface area contributed by atoms with E-state index < -0.39 is 0 Å². The quantitative estimate of drug-likeness (QED) is 0.619. The molecule has 2 N–H and O–H groups in total. The molecule has 0 radical (unpaired) electrons. The van der Waals surface area contributed by atoms with Crippen molar-refractivity contribution in [1.82, 2.24) is 4.98 Å². The van der Waals surface area contributed by atoms with Crippen LogP contribution in [0.2, 0.25) is 0 Å². The third-order valence-electron chi connectivity index (χ3n) is 3.86. The topological polar surface area (TPSA) is 80.3 Å². The standard InChI is InChI=1S/C20H21N3O3S/c1-26-13-19(25)22-15-11-9-14(10-12-15)21-18(24)7-4-8-20-23-16-5-2-3-6-17(16)27-20/h2-3,5-6,9-12H,4,7-8,13H2,1H3,(H,21,24)(H,22,25). The van der Waals surface area contributed by atoms with Crippen molar-refractivity contribution in [2.75, 3.05) is 24.4 Å². The summed E-state index contributed by atoms with van der Waals surface area (Å²) >= 11 is 1.68. The van der Waals surface area contributed by atoms with Crippen molar-refractivity contribution < 1.29 is 14.3 Å². The van der Waals surface area contributed by atoms with Gasteiger partial charge in [0.15, 0.2) is 0 Å². The van der Waals surface area contributed by atoms with Gasteiger partial charge in [-0.1, -0.05) is 12.1 Å². The van der Waals surface area contributed by atoms with Crippen LogP contribution in [0.4, 0.5) is 11.4 Å². The number of ether oxygens (including phenoxy) is 1. The number of amides is 2. The predicted molar refractivity (Wildman–Crippen MR) is 108 cm³/mol. The Morgan fingerprint density at radius 2 is 1.67 bits per heavy atom. The summed E-state index contributed by atoms with van der Waals surface area (Å²) in [4.78, 5) is 28.1. The molecule has 0 fully saturated rings. The number of anilines is 2. The zero-order chi connectivity index (χ0) is 19.1. The maximum Gasteiger partial charge on any atom is 0.250 e. The normalized spacial score (nSPS) is 10.7. The first-order chi connectivity index (χ1) is 13.1. The SMILES string of the molecule is COCC(=O)Nc1ccc(NC(=O)CCCc2nc3ccccc3s2)cc1. The highest BCUT2D eigenvalue weighted by Crippen LogP contribution is 2.22. The van der Waals surface area contributed by atoms with Crippen molar-refractivity contribution >= 4 is 44.7 Å². The van der Waals surface area contributed by atoms with E-state index in [-0.39, 0.29) is 18.4 Å². The number of benzene rings is 2. The fourth-order valence-electron chi connectivity index (χ4n) is 2.62. The molecule has 0 saturated carbocycles. The van der Waals surface area contributed by atoms with Gasteiger partial charge in [-0.15, -0.1) is 11.3 Å². The number of carbonyl (C=O) groups is 2. The Hall–Kier alpha value is -2.77. The Labute approximate surface area is 161 Å². The summed E-state index contributed by atoms with van der Waals surface area (Å²) in [6.07, 6.45) is 1.97. The second-order valence-electron chi connectivity index (χ2n) is 6.04. The Morgan fingerprint density at radius 3 is 2.33 bits per heavy atom. The summed E-state index contributed by atoms with van der Waals surface area (Å²) in [6.45, 7) is 0.00709. The molecule has 0 atom stereocenters. The van der Waals surface area contributed by atoms with E-state index in [1.807, 2.05) is 18.2 Å². The molecule has 3 rings (SSSR count). The van der Waals surface area contributed by atoms with Crippen molar-refractivity contribution in [3.05, 3.63) is 53.5 Å². The largest absolute Gasteiger partial charge is 0.375 e. The number of aromatic nitrogens is 1. The number of fused-ring (bicyclic) bond motifs is 1. The third-order valence-corrected chi connectivity index (χ3v) is 4.96. The zero-order valence-corrected chi connectivity index (χ0v) is 15.8. The number of nitrogens with one attached hydrogen (secondary N) is 2. The summed E-state index contributed by atoms with van der Waals surface area (Å²) in [5.41, 5.74) is 2.37. The highest BCUT2D eigenvalue weighted by molar-refractivity contribution is 7.18. The van der Waals surface area contributed by atoms with Crippen LogP contribution in [0.1, 0.15) is 17.8 Å². The Morgan fingerprint density at radius 1 is 1.00 bits per heavy atom. The molecule has 6 nitrogen and oxygen atoms in total. The molecule has 7 heteroatoms. The van der Waals surface area contributed by atoms with Gasteiger partial charge in [0.2, 0.25) is 11.8 Å². The van der Waals surface area contributed by atoms with E-state index in [0.29, 0.717) is 17.8 Å². The molecule has 27 heavy (non-hydrogen) atoms. The lowest BCUT2D eigenvalue weighted by Gasteiger charge is -2.07. The van der Waals surface area contributed by atoms with Crippen LogP contribution in [-0.2, 0) is 20.7 Å². The molecule has 140 valence electrons. The minimum Gasteiger partial charge on any atom is -0.375 e. The number of aryl methyl sites for hydroxylation is 1. The number of hydrogen-bond donors (Lipinski definition) is 2. The van der Waals surface area contributed by atoms with Gasteiger partial charge < -0.3 is 15.4 Å². The van der Waals surface area contributed by atoms with E-state index in [1.165, 1.54) is 11.8 Å². The average molecular weight is 383 g/mol. The Kier molecular flexibility index (Phi) is 6.51. The molecule has 1 aromatic heterocycles. The van der Waals surface area contributed by atoms with E-state index in [4.69, 9.17) is 4.74 Å². The molecule has 2 amide bonds. The first-order valence-electron chi connectivity index (χ1n) is 8.67.